The lowest BCUT2D eigenvalue weighted by molar-refractivity contribution is -0.141. The summed E-state index contributed by atoms with van der Waals surface area (Å²) in [6.45, 7) is 2.84. The minimum Gasteiger partial charge on any atom is -0.480 e. The third kappa shape index (κ3) is 3.64. The van der Waals surface area contributed by atoms with Crippen molar-refractivity contribution in [3.05, 3.63) is 0 Å². The van der Waals surface area contributed by atoms with Gasteiger partial charge in [-0.05, 0) is 19.4 Å². The van der Waals surface area contributed by atoms with Crippen LogP contribution < -0.4 is 5.32 Å². The molecule has 1 fully saturated rings. The zero-order chi connectivity index (χ0) is 10.4. The van der Waals surface area contributed by atoms with E-state index in [1.807, 2.05) is 6.92 Å². The Labute approximate surface area is 84.6 Å². The van der Waals surface area contributed by atoms with Crippen LogP contribution in [0.25, 0.3) is 0 Å². The van der Waals surface area contributed by atoms with Crippen LogP contribution in [-0.2, 0) is 9.53 Å². The van der Waals surface area contributed by atoms with Crippen molar-refractivity contribution in [2.24, 2.45) is 0 Å². The van der Waals surface area contributed by atoms with E-state index in [4.69, 9.17) is 9.84 Å². The van der Waals surface area contributed by atoms with E-state index in [-0.39, 0.29) is 12.7 Å². The third-order valence-electron chi connectivity index (χ3n) is 2.55. The Balaban J connectivity index is 2.21. The van der Waals surface area contributed by atoms with Crippen molar-refractivity contribution in [3.8, 4) is 0 Å². The van der Waals surface area contributed by atoms with E-state index in [1.54, 1.807) is 0 Å². The minimum absolute atomic E-state index is 0.286. The number of hydrogen-bond acceptors (Lipinski definition) is 3. The van der Waals surface area contributed by atoms with E-state index in [0.29, 0.717) is 6.54 Å². The molecule has 82 valence electrons. The van der Waals surface area contributed by atoms with Crippen molar-refractivity contribution >= 4 is 5.97 Å². The molecule has 0 amide bonds. The zero-order valence-electron chi connectivity index (χ0n) is 8.66. The van der Waals surface area contributed by atoms with Crippen LogP contribution in [0.15, 0.2) is 0 Å². The highest BCUT2D eigenvalue weighted by Crippen LogP contribution is 2.20. The van der Waals surface area contributed by atoms with Gasteiger partial charge in [-0.25, -0.2) is 0 Å². The molecule has 0 heterocycles. The first-order valence-electron chi connectivity index (χ1n) is 5.31. The highest BCUT2D eigenvalue weighted by atomic mass is 16.5. The predicted molar refractivity (Wildman–Crippen MR) is 53.3 cm³/mol. The van der Waals surface area contributed by atoms with E-state index >= 15 is 0 Å². The summed E-state index contributed by atoms with van der Waals surface area (Å²) < 4.78 is 5.54. The Morgan fingerprint density at radius 1 is 1.57 bits per heavy atom. The first-order valence-corrected chi connectivity index (χ1v) is 5.31. The van der Waals surface area contributed by atoms with E-state index in [0.717, 1.165) is 12.8 Å². The SMILES string of the molecule is CCNC(COC1CCCC1)C(=O)O. The fourth-order valence-corrected chi connectivity index (χ4v) is 1.75. The molecule has 1 rings (SSSR count). The van der Waals surface area contributed by atoms with E-state index in [9.17, 15) is 4.79 Å². The number of carboxylic acids is 1. The Kier molecular flexibility index (Phi) is 4.90. The molecule has 1 unspecified atom stereocenters. The highest BCUT2D eigenvalue weighted by molar-refractivity contribution is 5.73. The molecule has 0 aromatic heterocycles. The average molecular weight is 201 g/mol. The second-order valence-corrected chi connectivity index (χ2v) is 3.69. The average Bonchev–Trinajstić information content (AvgIpc) is 2.64. The molecule has 0 aromatic rings. The van der Waals surface area contributed by atoms with Crippen LogP contribution in [0.1, 0.15) is 32.6 Å². The molecule has 0 spiro atoms. The first kappa shape index (κ1) is 11.5. The monoisotopic (exact) mass is 201 g/mol. The molecular formula is C10H19NO3. The number of carbonyl (C=O) groups is 1. The van der Waals surface area contributed by atoms with Crippen LogP contribution in [0.3, 0.4) is 0 Å². The number of rotatable bonds is 6. The van der Waals surface area contributed by atoms with Crippen LogP contribution >= 0.6 is 0 Å². The normalized spacial score (nSPS) is 19.8. The second-order valence-electron chi connectivity index (χ2n) is 3.69. The molecule has 0 radical (unpaired) electrons. The second kappa shape index (κ2) is 5.98. The Morgan fingerprint density at radius 2 is 2.21 bits per heavy atom. The van der Waals surface area contributed by atoms with Gasteiger partial charge in [-0.2, -0.15) is 0 Å². The molecule has 0 aliphatic heterocycles. The molecule has 0 bridgehead atoms. The van der Waals surface area contributed by atoms with Crippen LogP contribution in [-0.4, -0.2) is 36.4 Å². The van der Waals surface area contributed by atoms with Gasteiger partial charge in [-0.3, -0.25) is 4.79 Å². The van der Waals surface area contributed by atoms with E-state index < -0.39 is 12.0 Å². The summed E-state index contributed by atoms with van der Waals surface area (Å²) in [5, 5.41) is 11.7. The largest absolute Gasteiger partial charge is 0.480 e. The summed E-state index contributed by atoms with van der Waals surface area (Å²) in [5.41, 5.74) is 0. The van der Waals surface area contributed by atoms with Crippen LogP contribution in [0, 0.1) is 0 Å². The van der Waals surface area contributed by atoms with Gasteiger partial charge in [0.25, 0.3) is 0 Å². The van der Waals surface area contributed by atoms with Gasteiger partial charge in [0.15, 0.2) is 0 Å². The fraction of sp³-hybridized carbons (Fsp3) is 0.900. The summed E-state index contributed by atoms with van der Waals surface area (Å²) >= 11 is 0. The standard InChI is InChI=1S/C10H19NO3/c1-2-11-9(10(12)13)7-14-8-5-3-4-6-8/h8-9,11H,2-7H2,1H3,(H,12,13). The molecule has 0 saturated heterocycles. The van der Waals surface area contributed by atoms with Gasteiger partial charge in [0.1, 0.15) is 6.04 Å². The van der Waals surface area contributed by atoms with Crippen molar-refractivity contribution in [1.29, 1.82) is 0 Å². The molecule has 2 N–H and O–H groups in total. The molecule has 1 saturated carbocycles. The maximum Gasteiger partial charge on any atom is 0.323 e. The molecule has 4 nitrogen and oxygen atoms in total. The van der Waals surface area contributed by atoms with Gasteiger partial charge in [0.2, 0.25) is 0 Å². The van der Waals surface area contributed by atoms with E-state index in [1.165, 1.54) is 12.8 Å². The van der Waals surface area contributed by atoms with Crippen molar-refractivity contribution in [2.45, 2.75) is 44.8 Å². The van der Waals surface area contributed by atoms with Crippen molar-refractivity contribution in [1.82, 2.24) is 5.32 Å². The summed E-state index contributed by atoms with van der Waals surface area (Å²) in [5.74, 6) is -0.829. The fourth-order valence-electron chi connectivity index (χ4n) is 1.75. The van der Waals surface area contributed by atoms with Gasteiger partial charge in [-0.15, -0.1) is 0 Å². The highest BCUT2D eigenvalue weighted by Gasteiger charge is 2.20. The first-order chi connectivity index (χ1) is 6.74. The van der Waals surface area contributed by atoms with Gasteiger partial charge in [-0.1, -0.05) is 19.8 Å². The Morgan fingerprint density at radius 3 is 2.71 bits per heavy atom. The molecule has 1 atom stereocenters. The number of nitrogens with one attached hydrogen (secondary N) is 1. The molecular weight excluding hydrogens is 182 g/mol. The van der Waals surface area contributed by atoms with Gasteiger partial charge in [0.05, 0.1) is 12.7 Å². The maximum absolute atomic E-state index is 10.8. The van der Waals surface area contributed by atoms with E-state index in [2.05, 4.69) is 5.32 Å². The maximum atomic E-state index is 10.8. The molecule has 14 heavy (non-hydrogen) atoms. The summed E-state index contributed by atoms with van der Waals surface area (Å²) in [4.78, 5) is 10.8. The van der Waals surface area contributed by atoms with Gasteiger partial charge < -0.3 is 15.2 Å². The van der Waals surface area contributed by atoms with Crippen LogP contribution in [0.2, 0.25) is 0 Å². The summed E-state index contributed by atoms with van der Waals surface area (Å²) in [6.07, 6.45) is 4.87. The minimum atomic E-state index is -0.829. The number of aliphatic carboxylic acids is 1. The third-order valence-corrected chi connectivity index (χ3v) is 2.55. The number of likely N-dealkylation sites (N-methyl/N-ethyl adjacent to an activating group) is 1. The summed E-state index contributed by atoms with van der Waals surface area (Å²) in [7, 11) is 0. The molecule has 4 heteroatoms. The number of ether oxygens (including phenoxy) is 1. The molecule has 1 aliphatic carbocycles. The lowest BCUT2D eigenvalue weighted by Crippen LogP contribution is -2.41. The van der Waals surface area contributed by atoms with Crippen molar-refractivity contribution in [2.75, 3.05) is 13.2 Å². The Hall–Kier alpha value is -0.610. The molecule has 1 aliphatic rings. The number of hydrogen-bond donors (Lipinski definition) is 2. The van der Waals surface area contributed by atoms with Crippen LogP contribution in [0.5, 0.6) is 0 Å². The Bertz CT molecular complexity index is 178. The zero-order valence-corrected chi connectivity index (χ0v) is 8.66. The van der Waals surface area contributed by atoms with Gasteiger partial charge in [0, 0.05) is 0 Å². The summed E-state index contributed by atoms with van der Waals surface area (Å²) in [6, 6.07) is -0.555. The number of carboxylic acid groups (broad SMARTS) is 1. The topological polar surface area (TPSA) is 58.6 Å². The van der Waals surface area contributed by atoms with Crippen molar-refractivity contribution < 1.29 is 14.6 Å². The predicted octanol–water partition coefficient (Wildman–Crippen LogP) is 1.01. The molecule has 0 aromatic carbocycles. The van der Waals surface area contributed by atoms with Crippen molar-refractivity contribution in [3.63, 3.8) is 0 Å². The lowest BCUT2D eigenvalue weighted by atomic mass is 10.3. The van der Waals surface area contributed by atoms with Gasteiger partial charge >= 0.3 is 5.97 Å². The smallest absolute Gasteiger partial charge is 0.323 e. The quantitative estimate of drug-likeness (QED) is 0.673. The lowest BCUT2D eigenvalue weighted by Gasteiger charge is -2.16. The van der Waals surface area contributed by atoms with Crippen LogP contribution in [0.4, 0.5) is 0 Å².